The van der Waals surface area contributed by atoms with E-state index in [1.807, 2.05) is 0 Å². The van der Waals surface area contributed by atoms with Gasteiger partial charge >= 0.3 is 33.4 Å². The number of benzene rings is 2. The van der Waals surface area contributed by atoms with E-state index in [0.29, 0.717) is 16.0 Å². The zero-order valence-corrected chi connectivity index (χ0v) is 22.7. The molecule has 1 aliphatic heterocycles. The lowest BCUT2D eigenvalue weighted by molar-refractivity contribution is -0.382. The Hall–Kier alpha value is -1.32. The highest BCUT2D eigenvalue weighted by atomic mass is 32.3. The zero-order chi connectivity index (χ0) is 28.9. The van der Waals surface area contributed by atoms with Crippen molar-refractivity contribution in [3.05, 3.63) is 36.4 Å². The van der Waals surface area contributed by atoms with Gasteiger partial charge in [0.25, 0.3) is 0 Å². The number of halogens is 9. The van der Waals surface area contributed by atoms with Crippen LogP contribution >= 0.6 is 22.1 Å². The fourth-order valence-electron chi connectivity index (χ4n) is 4.86. The van der Waals surface area contributed by atoms with Crippen LogP contribution in [0.15, 0.2) is 46.2 Å². The summed E-state index contributed by atoms with van der Waals surface area (Å²) in [5.41, 5.74) is 0. The maximum atomic E-state index is 14.5. The summed E-state index contributed by atoms with van der Waals surface area (Å²) in [6, 6.07) is 9.74. The minimum absolute atomic E-state index is 0.133. The van der Waals surface area contributed by atoms with E-state index in [0.717, 1.165) is 37.0 Å². The van der Waals surface area contributed by atoms with Gasteiger partial charge < -0.3 is 0 Å². The Balaban J connectivity index is 1.76. The van der Waals surface area contributed by atoms with Crippen molar-refractivity contribution in [3.63, 3.8) is 0 Å². The van der Waals surface area contributed by atoms with Crippen molar-refractivity contribution in [2.45, 2.75) is 83.3 Å². The minimum atomic E-state index is -7.34. The molecule has 0 unspecified atom stereocenters. The Morgan fingerprint density at radius 2 is 1.31 bits per heavy atom. The first-order valence-electron chi connectivity index (χ1n) is 12.1. The number of hydrogen-bond donors (Lipinski definition) is 0. The van der Waals surface area contributed by atoms with Gasteiger partial charge in [-0.2, -0.15) is 47.9 Å². The zero-order valence-electron chi connectivity index (χ0n) is 20.3. The second-order valence-electron chi connectivity index (χ2n) is 9.60. The van der Waals surface area contributed by atoms with E-state index in [1.165, 1.54) is 6.07 Å². The monoisotopic (exact) mass is 628 g/mol. The summed E-state index contributed by atoms with van der Waals surface area (Å²) < 4.78 is 152. The summed E-state index contributed by atoms with van der Waals surface area (Å²) in [5, 5.41) is -5.49. The van der Waals surface area contributed by atoms with E-state index in [-0.39, 0.29) is 29.2 Å². The molecule has 39 heavy (non-hydrogen) atoms. The first kappa shape index (κ1) is 30.6. The second kappa shape index (κ2) is 10.5. The first-order valence-corrected chi connectivity index (χ1v) is 16.3. The summed E-state index contributed by atoms with van der Waals surface area (Å²) in [5.74, 6) is -15.0. The van der Waals surface area contributed by atoms with Gasteiger partial charge in [0.05, 0.1) is 0 Å². The summed E-state index contributed by atoms with van der Waals surface area (Å²) in [6.07, 6.45) is -1.40. The number of thioether (sulfide) groups is 1. The van der Waals surface area contributed by atoms with E-state index < -0.39 is 43.7 Å². The number of hydrogen-bond acceptors (Lipinski definition) is 4. The highest BCUT2D eigenvalue weighted by Gasteiger charge is 2.86. The molecule has 1 saturated carbocycles. The van der Waals surface area contributed by atoms with Crippen molar-refractivity contribution < 1.29 is 51.6 Å². The Labute approximate surface area is 225 Å². The van der Waals surface area contributed by atoms with Gasteiger partial charge in [-0.05, 0) is 48.6 Å². The van der Waals surface area contributed by atoms with Crippen molar-refractivity contribution in [2.24, 2.45) is 0 Å². The van der Waals surface area contributed by atoms with E-state index >= 15 is 0 Å². The molecule has 0 spiro atoms. The molecule has 4 rings (SSSR count). The predicted octanol–water partition coefficient (Wildman–Crippen LogP) is 8.91. The first-order chi connectivity index (χ1) is 18.0. The minimum Gasteiger partial charge on any atom is -0.211 e. The molecule has 0 aromatic heterocycles. The van der Waals surface area contributed by atoms with Crippen molar-refractivity contribution in [1.82, 2.24) is 0 Å². The van der Waals surface area contributed by atoms with Crippen LogP contribution in [0.4, 0.5) is 39.5 Å². The molecule has 0 bridgehead atoms. The van der Waals surface area contributed by atoms with Gasteiger partial charge in [-0.1, -0.05) is 53.8 Å². The van der Waals surface area contributed by atoms with Crippen LogP contribution in [0.1, 0.15) is 44.9 Å². The smallest absolute Gasteiger partial charge is 0.211 e. The van der Waals surface area contributed by atoms with E-state index in [9.17, 15) is 47.9 Å². The fourth-order valence-corrected chi connectivity index (χ4v) is 12.1. The molecule has 2 aromatic carbocycles. The molecule has 1 saturated heterocycles. The Kier molecular flexibility index (Phi) is 8.25. The van der Waals surface area contributed by atoms with Gasteiger partial charge in [-0.15, -0.1) is 11.8 Å². The van der Waals surface area contributed by atoms with Crippen molar-refractivity contribution in [3.8, 4) is 0 Å². The molecule has 0 N–H and O–H groups in total. The highest BCUT2D eigenvalue weighted by Crippen LogP contribution is 2.66. The maximum Gasteiger partial charge on any atom is 0.460 e. The summed E-state index contributed by atoms with van der Waals surface area (Å²) in [6.45, 7) is 0. The summed E-state index contributed by atoms with van der Waals surface area (Å²) >= 11 is 1.61. The largest absolute Gasteiger partial charge is 0.460 e. The van der Waals surface area contributed by atoms with Crippen LogP contribution in [0.2, 0.25) is 0 Å². The average molecular weight is 629 g/mol. The van der Waals surface area contributed by atoms with Crippen LogP contribution < -0.4 is 0 Å². The molecular formula is C24H25F9O3S3. The third-order valence-electron chi connectivity index (χ3n) is 6.94. The lowest BCUT2D eigenvalue weighted by atomic mass is 10.0. The molecule has 3 nitrogen and oxygen atoms in total. The topological polar surface area (TPSA) is 43.4 Å². The molecule has 0 radical (unpaired) electrons. The molecule has 0 atom stereocenters. The third kappa shape index (κ3) is 5.25. The lowest BCUT2D eigenvalue weighted by Gasteiger charge is -2.39. The quantitative estimate of drug-likeness (QED) is 0.274. The molecule has 1 aliphatic carbocycles. The molecule has 220 valence electrons. The number of fused-ring (bicyclic) bond motifs is 1. The number of alkyl halides is 9. The van der Waals surface area contributed by atoms with Gasteiger partial charge in [0, 0.05) is 26.5 Å². The Morgan fingerprint density at radius 3 is 1.87 bits per heavy atom. The lowest BCUT2D eigenvalue weighted by Crippen LogP contribution is -2.63. The normalized spacial score (nSPS) is 20.8. The van der Waals surface area contributed by atoms with Crippen LogP contribution in [0.25, 0.3) is 10.8 Å². The average Bonchev–Trinajstić information content (AvgIpc) is 3.32. The summed E-state index contributed by atoms with van der Waals surface area (Å²) in [7, 11) is -10.3. The number of rotatable bonds is 8. The van der Waals surface area contributed by atoms with Gasteiger partial charge in [0.15, 0.2) is 0 Å². The van der Waals surface area contributed by atoms with Crippen LogP contribution in [0.5, 0.6) is 0 Å². The van der Waals surface area contributed by atoms with Gasteiger partial charge in [-0.25, -0.2) is 3.63 Å². The third-order valence-corrected chi connectivity index (χ3v) is 14.0. The van der Waals surface area contributed by atoms with Gasteiger partial charge in [-0.3, -0.25) is 0 Å². The predicted molar refractivity (Wildman–Crippen MR) is 132 cm³/mol. The Morgan fingerprint density at radius 1 is 0.744 bits per heavy atom. The maximum absolute atomic E-state index is 14.5. The Bertz CT molecular complexity index is 1300. The van der Waals surface area contributed by atoms with E-state index in [2.05, 4.69) is 0 Å². The van der Waals surface area contributed by atoms with Crippen LogP contribution in [-0.4, -0.2) is 48.4 Å². The van der Waals surface area contributed by atoms with Crippen LogP contribution in [0.3, 0.4) is 0 Å². The highest BCUT2D eigenvalue weighted by molar-refractivity contribution is 8.33. The van der Waals surface area contributed by atoms with Gasteiger partial charge in [0.1, 0.15) is 0 Å². The van der Waals surface area contributed by atoms with Gasteiger partial charge in [0.2, 0.25) is 0 Å². The SMILES string of the molecule is O=S(=O)(OS1(c2ccc(SC3CCCCC3)c3ccccc23)CCCC1)C(F)(F)C(F)(F)C(F)(F)C(F)(F)F. The van der Waals surface area contributed by atoms with Crippen molar-refractivity contribution in [1.29, 1.82) is 0 Å². The molecule has 15 heteroatoms. The molecule has 2 aromatic rings. The van der Waals surface area contributed by atoms with E-state index in [4.69, 9.17) is 3.63 Å². The van der Waals surface area contributed by atoms with Crippen molar-refractivity contribution >= 4 is 43.0 Å². The molecule has 2 fully saturated rings. The summed E-state index contributed by atoms with van der Waals surface area (Å²) in [4.78, 5) is 0.965. The van der Waals surface area contributed by atoms with Crippen LogP contribution in [0, 0.1) is 0 Å². The molecule has 0 amide bonds. The van der Waals surface area contributed by atoms with Crippen molar-refractivity contribution in [2.75, 3.05) is 11.5 Å². The molecule has 2 aliphatic rings. The second-order valence-corrected chi connectivity index (χ2v) is 15.8. The standard InChI is InChI=1S/C24H25F9O3S3/c25-21(26,23(29,30)31)22(27,28)24(32,33)39(34,35)36-38(14-6-7-15-38)20-13-12-19(17-10-4-5-11-18(17)20)37-16-8-2-1-3-9-16/h4-5,10-13,16H,1-3,6-9,14-15H2. The van der Waals surface area contributed by atoms with Crippen LogP contribution in [-0.2, 0) is 13.7 Å². The molecular weight excluding hydrogens is 603 g/mol. The van der Waals surface area contributed by atoms with E-state index in [1.54, 1.807) is 42.1 Å². The fraction of sp³-hybridized carbons (Fsp3) is 0.583. The molecule has 1 heterocycles.